The number of hydrogen-bond donors (Lipinski definition) is 7. The van der Waals surface area contributed by atoms with E-state index < -0.39 is 41.6 Å². The molecule has 0 aliphatic carbocycles. The molecular formula is C49H108F4N9O14P3S3. The highest BCUT2D eigenvalue weighted by atomic mass is 32.7. The molecule has 2 rings (SSSR count). The topological polar surface area (TPSA) is 340 Å². The predicted molar refractivity (Wildman–Crippen MR) is 341 cm³/mol. The molecule has 2 heterocycles. The molecule has 2 unspecified atom stereocenters. The summed E-state index contributed by atoms with van der Waals surface area (Å²) in [5, 5.41) is 10.6. The molecule has 2 aliphatic rings. The maximum Gasteiger partial charge on any atom is 0.269 e. The summed E-state index contributed by atoms with van der Waals surface area (Å²) in [4.78, 5) is 116. The van der Waals surface area contributed by atoms with Crippen LogP contribution in [0.5, 0.6) is 0 Å². The van der Waals surface area contributed by atoms with Crippen LogP contribution in [-0.2, 0) is 102 Å². The molecule has 2 atom stereocenters. The molecule has 33 heteroatoms. The van der Waals surface area contributed by atoms with Gasteiger partial charge in [-0.25, -0.2) is 0 Å². The summed E-state index contributed by atoms with van der Waals surface area (Å²) in [6.07, 6.45) is 8.55. The maximum absolute atomic E-state index is 11.7. The Kier molecular flexibility index (Phi) is 102. The molecule has 0 aromatic heterocycles. The molecule has 494 valence electrons. The number of nitrogens with two attached hydrogens (primary N) is 3. The standard InChI is InChI=1S/C19H31N5O7.C19H29N4O7PS.11CH4.4FH.P2S2/c20-14(19(21)29)3-1-2-7-22-16(26)13-31-12-11-30-10-8-23-15(25)6-9-24-17(27)4-5-18(24)28;20-14(19(28)31-32)3-1-2-7-21-16(25)13-30-12-11-29-10-8-22-15(24)6-9-23-17(26)4-5-18(23)27;;;;;;;;;;;;;;;;3-1-2-4/h4-5,14H,1-3,6-13,20H2,(H2,21,29)(H,22,26)(H,23,25);4-5,14H,1-3,6-13,20H2,(H,21,25)(H,22,24);11*1H4;4*1H;/i/hT4. The number of unbranched alkanes of at least 4 members (excludes halogenated alkanes) is 2. The molecule has 0 aromatic carbocycles. The molecule has 10 N–H and O–H groups in total. The van der Waals surface area contributed by atoms with Crippen LogP contribution in [0.1, 0.15) is 133 Å². The molecule has 0 saturated carbocycles. The van der Waals surface area contributed by atoms with Gasteiger partial charge in [-0.3, -0.25) is 76.6 Å². The SMILES string of the molecule is C.C.C.C.C.C.C.C.C.C.C.NC(=O)C(N)CCCCNC(=O)COCCOCCNC(=O)CCN1C(=O)C=CC1=O.NC(CCCCNC(=O)COCCOCCNC(=O)CCN1C(=O)C=CC1=O)C(=O)P=S.S=PP=S.[3H]F.[3H]F.[3H]F.[3H]F. The van der Waals surface area contributed by atoms with Gasteiger partial charge in [-0.2, -0.15) is 0 Å². The number of nitrogens with zero attached hydrogens (tertiary/aromatic N) is 2. The van der Waals surface area contributed by atoms with Gasteiger partial charge in [0.05, 0.1) is 59.1 Å². The van der Waals surface area contributed by atoms with Crippen LogP contribution in [0.4, 0.5) is 18.9 Å². The van der Waals surface area contributed by atoms with Crippen molar-refractivity contribution in [1.29, 1.82) is 5.80 Å². The number of ether oxygens (including phenoxy) is 4. The van der Waals surface area contributed by atoms with E-state index >= 15 is 0 Å². The third-order valence-corrected chi connectivity index (χ3v) is 12.3. The zero-order valence-electron chi connectivity index (χ0n) is 42.4. The van der Waals surface area contributed by atoms with Gasteiger partial charge in [-0.05, 0) is 73.9 Å². The first-order valence-corrected chi connectivity index (χ1v) is 27.3. The lowest BCUT2D eigenvalue weighted by molar-refractivity contribution is -0.139. The molecule has 0 saturated heterocycles. The van der Waals surface area contributed by atoms with Gasteiger partial charge in [0.1, 0.15) is 13.2 Å². The lowest BCUT2D eigenvalue weighted by Gasteiger charge is -2.13. The van der Waals surface area contributed by atoms with Crippen molar-refractivity contribution in [3.63, 3.8) is 0 Å². The first kappa shape index (κ1) is 106. The minimum atomic E-state index is -0.656. The molecule has 0 fully saturated rings. The fourth-order valence-corrected chi connectivity index (χ4v) is 5.74. The summed E-state index contributed by atoms with van der Waals surface area (Å²) in [5.41, 5.74) is 16.1. The number of primary amides is 1. The van der Waals surface area contributed by atoms with Crippen molar-refractivity contribution in [1.82, 2.24) is 31.1 Å². The van der Waals surface area contributed by atoms with E-state index in [1.54, 1.807) is 0 Å². The molecule has 2 aliphatic heterocycles. The molecule has 82 heavy (non-hydrogen) atoms. The third kappa shape index (κ3) is 65.0. The largest absolute Gasteiger partial charge is 0.377 e. The van der Waals surface area contributed by atoms with Gasteiger partial charge in [-0.1, -0.05) is 81.7 Å². The van der Waals surface area contributed by atoms with Gasteiger partial charge in [0.15, 0.2) is 0 Å². The van der Waals surface area contributed by atoms with Crippen LogP contribution < -0.4 is 38.5 Å². The van der Waals surface area contributed by atoms with Crippen molar-refractivity contribution in [2.24, 2.45) is 17.2 Å². The van der Waals surface area contributed by atoms with Crippen LogP contribution in [0.15, 0.2) is 24.3 Å². The predicted octanol–water partition coefficient (Wildman–Crippen LogP) is 5.87. The molecular weight excluding hydrogens is 1200 g/mol. The van der Waals surface area contributed by atoms with Crippen molar-refractivity contribution in [2.75, 3.05) is 92.1 Å². The minimum absolute atomic E-state index is 0. The van der Waals surface area contributed by atoms with Crippen molar-refractivity contribution in [3.8, 4) is 0 Å². The third-order valence-electron chi connectivity index (χ3n) is 8.61. The molecule has 0 spiro atoms. The summed E-state index contributed by atoms with van der Waals surface area (Å²) in [5.74, 6) is -3.28. The summed E-state index contributed by atoms with van der Waals surface area (Å²) in [6, 6.07) is -1.19. The Balaban J connectivity index is -0.0000000620. The quantitative estimate of drug-likeness (QED) is 0.0167. The maximum atomic E-state index is 11.7. The second-order valence-corrected chi connectivity index (χ2v) is 19.2. The van der Waals surface area contributed by atoms with Crippen LogP contribution in [0.2, 0.25) is 0 Å². The molecule has 9 amide bonds. The number of nitrogens with one attached hydrogen (secondary N) is 4. The Morgan fingerprint density at radius 1 is 0.476 bits per heavy atom. The first-order valence-electron chi connectivity index (χ1n) is 22.4. The molecule has 23 nitrogen and oxygen atoms in total. The second-order valence-electron chi connectivity index (χ2n) is 13.8. The summed E-state index contributed by atoms with van der Waals surface area (Å²) in [6.45, 7) is 2.88. The Bertz CT molecular complexity index is 1750. The zero-order valence-corrected chi connectivity index (χ0v) is 43.6. The second kappa shape index (κ2) is 78.9. The van der Waals surface area contributed by atoms with E-state index in [0.29, 0.717) is 45.2 Å². The smallest absolute Gasteiger partial charge is 0.269 e. The summed E-state index contributed by atoms with van der Waals surface area (Å²) in [7, 11) is 1.99. The lowest BCUT2D eigenvalue weighted by Crippen LogP contribution is -2.36. The van der Waals surface area contributed by atoms with Gasteiger partial charge in [0, 0.05) is 90.5 Å². The first-order chi connectivity index (χ1) is 36.1. The number of hydrogen-bond acceptors (Lipinski definition) is 19. The number of carbonyl (C=O) groups is 10. The van der Waals surface area contributed by atoms with Gasteiger partial charge < -0.3 is 57.4 Å². The Morgan fingerprint density at radius 3 is 1.06 bits per heavy atom. The van der Waals surface area contributed by atoms with Crippen LogP contribution in [0.3, 0.4) is 0 Å². The van der Waals surface area contributed by atoms with Gasteiger partial charge in [0.2, 0.25) is 35.1 Å². The van der Waals surface area contributed by atoms with Crippen molar-refractivity contribution in [2.45, 2.75) is 145 Å². The van der Waals surface area contributed by atoms with E-state index in [1.165, 1.54) is 24.3 Å². The van der Waals surface area contributed by atoms with E-state index in [0.717, 1.165) is 30.3 Å². The normalized spacial score (nSPS) is 11.6. The van der Waals surface area contributed by atoms with E-state index in [-0.39, 0.29) is 210 Å². The monoisotopic (exact) mass is 1320 g/mol. The van der Waals surface area contributed by atoms with Crippen molar-refractivity contribution in [3.05, 3.63) is 24.3 Å². The number of halogens is 4. The highest BCUT2D eigenvalue weighted by molar-refractivity contribution is 8.40. The van der Waals surface area contributed by atoms with Crippen molar-refractivity contribution >= 4 is 116 Å². The summed E-state index contributed by atoms with van der Waals surface area (Å²) < 4.78 is 73.0. The average molecular weight is 1320 g/mol. The van der Waals surface area contributed by atoms with E-state index in [4.69, 9.17) is 55.0 Å². The Hall–Kier alpha value is -4.18. The number of amides is 9. The Morgan fingerprint density at radius 2 is 0.768 bits per heavy atom. The minimum Gasteiger partial charge on any atom is -0.377 e. The molecule has 0 radical (unpaired) electrons. The number of carbonyl (C=O) groups excluding carboxylic acids is 10. The van der Waals surface area contributed by atoms with Crippen LogP contribution in [-0.4, -0.2) is 178 Å². The molecule has 0 bridgehead atoms. The van der Waals surface area contributed by atoms with Gasteiger partial charge >= 0.3 is 0 Å². The fraction of sp³-hybridized carbons (Fsp3) is 0.714. The fourth-order valence-electron chi connectivity index (χ4n) is 5.07. The van der Waals surface area contributed by atoms with E-state index in [2.05, 4.69) is 62.5 Å². The average Bonchev–Trinajstić information content (AvgIpc) is 3.93. The van der Waals surface area contributed by atoms with E-state index in [1.807, 2.05) is 0 Å². The molecule has 0 aromatic rings. The van der Waals surface area contributed by atoms with E-state index in [9.17, 15) is 47.9 Å². The zero-order chi connectivity index (χ0) is 58.2. The Labute approximate surface area is 514 Å². The lowest BCUT2D eigenvalue weighted by atomic mass is 10.1. The number of rotatable bonds is 36. The summed E-state index contributed by atoms with van der Waals surface area (Å²) >= 11 is 13.5. The highest BCUT2D eigenvalue weighted by Gasteiger charge is 2.24. The van der Waals surface area contributed by atoms with Gasteiger partial charge in [0.25, 0.3) is 29.4 Å². The van der Waals surface area contributed by atoms with Gasteiger partial charge in [-0.15, -0.1) is 0 Å². The van der Waals surface area contributed by atoms with Crippen LogP contribution >= 0.6 is 21.4 Å². The highest BCUT2D eigenvalue weighted by Crippen LogP contribution is 2.10. The van der Waals surface area contributed by atoms with Crippen molar-refractivity contribution < 1.29 is 85.8 Å². The number of imide groups is 2. The van der Waals surface area contributed by atoms with Crippen LogP contribution in [0.25, 0.3) is 0 Å². The van der Waals surface area contributed by atoms with Crippen LogP contribution in [0, 0.1) is 0 Å².